The summed E-state index contributed by atoms with van der Waals surface area (Å²) in [6.07, 6.45) is 8.15. The van der Waals surface area contributed by atoms with Crippen molar-refractivity contribution in [2.75, 3.05) is 24.5 Å². The number of aromatic amines is 1. The summed E-state index contributed by atoms with van der Waals surface area (Å²) in [5, 5.41) is 29.0. The minimum absolute atomic E-state index is 0.543. The van der Waals surface area contributed by atoms with Crippen molar-refractivity contribution in [2.24, 2.45) is 13.0 Å². The number of piperazine rings is 1. The molecule has 0 radical (unpaired) electrons. The Bertz CT molecular complexity index is 1180. The van der Waals surface area contributed by atoms with Gasteiger partial charge in [0.2, 0.25) is 5.95 Å². The first kappa shape index (κ1) is 17.5. The van der Waals surface area contributed by atoms with Gasteiger partial charge in [-0.05, 0) is 24.8 Å². The van der Waals surface area contributed by atoms with Gasteiger partial charge in [-0.25, -0.2) is 4.98 Å². The molecule has 152 valence electrons. The molecule has 0 spiro atoms. The predicted octanol–water partition coefficient (Wildman–Crippen LogP) is 1.40. The minimum atomic E-state index is 0.543. The summed E-state index contributed by atoms with van der Waals surface area (Å²) in [6.45, 7) is 2.82. The molecule has 0 bridgehead atoms. The van der Waals surface area contributed by atoms with Crippen LogP contribution < -0.4 is 10.2 Å². The Morgan fingerprint density at radius 3 is 2.73 bits per heavy atom. The molecule has 3 aromatic heterocycles. The highest BCUT2D eigenvalue weighted by Crippen LogP contribution is 2.35. The third-order valence-corrected chi connectivity index (χ3v) is 5.99. The molecule has 2 N–H and O–H groups in total. The molecule has 6 rings (SSSR count). The molecular weight excluding hydrogens is 380 g/mol. The van der Waals surface area contributed by atoms with Gasteiger partial charge >= 0.3 is 0 Å². The molecule has 1 saturated heterocycles. The molecule has 1 aliphatic carbocycles. The molecule has 0 unspecified atom stereocenters. The van der Waals surface area contributed by atoms with Gasteiger partial charge in [-0.15, -0.1) is 10.2 Å². The highest BCUT2D eigenvalue weighted by Gasteiger charge is 2.34. The predicted molar refractivity (Wildman–Crippen MR) is 112 cm³/mol. The molecule has 0 amide bonds. The van der Waals surface area contributed by atoms with Gasteiger partial charge < -0.3 is 10.2 Å². The number of nitrogens with zero attached hydrogens (tertiary/aromatic N) is 8. The molecule has 1 saturated carbocycles. The third-order valence-electron chi connectivity index (χ3n) is 5.99. The zero-order chi connectivity index (χ0) is 20.1. The smallest absolute Gasteiger partial charge is 0.245 e. The molecule has 10 heteroatoms. The van der Waals surface area contributed by atoms with Crippen LogP contribution >= 0.6 is 0 Å². The van der Waals surface area contributed by atoms with Crippen LogP contribution in [0.2, 0.25) is 0 Å². The van der Waals surface area contributed by atoms with Crippen LogP contribution in [0, 0.1) is 5.92 Å². The first-order valence-electron chi connectivity index (χ1n) is 10.3. The van der Waals surface area contributed by atoms with Gasteiger partial charge in [0.05, 0.1) is 12.4 Å². The van der Waals surface area contributed by atoms with Crippen LogP contribution in [0.4, 0.5) is 5.95 Å². The molecule has 1 aliphatic heterocycles. The molecule has 2 aliphatic rings. The maximum absolute atomic E-state index is 4.65. The van der Waals surface area contributed by atoms with Gasteiger partial charge in [-0.2, -0.15) is 20.5 Å². The molecule has 4 aromatic rings. The van der Waals surface area contributed by atoms with Crippen molar-refractivity contribution in [1.82, 2.24) is 45.7 Å². The van der Waals surface area contributed by atoms with Gasteiger partial charge in [-0.1, -0.05) is 6.07 Å². The van der Waals surface area contributed by atoms with Crippen LogP contribution in [-0.2, 0) is 7.05 Å². The van der Waals surface area contributed by atoms with E-state index < -0.39 is 0 Å². The minimum Gasteiger partial charge on any atom is -0.337 e. The van der Waals surface area contributed by atoms with Crippen LogP contribution in [0.3, 0.4) is 0 Å². The molecule has 2 fully saturated rings. The SMILES string of the molecule is Cn1cc2c(-c3cnc(N4CCN[C@@H](C5CC5)C4)nn3)ccc(-c3cn[nH]n3)c2n1. The van der Waals surface area contributed by atoms with Crippen molar-refractivity contribution in [3.05, 3.63) is 30.7 Å². The Morgan fingerprint density at radius 2 is 1.97 bits per heavy atom. The lowest BCUT2D eigenvalue weighted by Crippen LogP contribution is -2.52. The lowest BCUT2D eigenvalue weighted by molar-refractivity contribution is 0.414. The van der Waals surface area contributed by atoms with E-state index in [2.05, 4.69) is 45.9 Å². The Morgan fingerprint density at radius 1 is 1.07 bits per heavy atom. The number of H-pyrrole nitrogens is 1. The van der Waals surface area contributed by atoms with E-state index in [4.69, 9.17) is 0 Å². The average Bonchev–Trinajstić information content (AvgIpc) is 3.34. The van der Waals surface area contributed by atoms with Crippen molar-refractivity contribution >= 4 is 16.9 Å². The fraction of sp³-hybridized carbons (Fsp3) is 0.400. The highest BCUT2D eigenvalue weighted by molar-refractivity contribution is 6.01. The van der Waals surface area contributed by atoms with Crippen molar-refractivity contribution in [3.63, 3.8) is 0 Å². The number of rotatable bonds is 4. The number of benzene rings is 1. The molecule has 10 nitrogen and oxygen atoms in total. The first-order valence-corrected chi connectivity index (χ1v) is 10.3. The van der Waals surface area contributed by atoms with Gasteiger partial charge in [0, 0.05) is 55.4 Å². The van der Waals surface area contributed by atoms with Gasteiger partial charge in [0.25, 0.3) is 0 Å². The van der Waals surface area contributed by atoms with Crippen LogP contribution in [0.1, 0.15) is 12.8 Å². The second kappa shape index (κ2) is 6.84. The van der Waals surface area contributed by atoms with E-state index in [9.17, 15) is 0 Å². The highest BCUT2D eigenvalue weighted by atomic mass is 15.3. The maximum atomic E-state index is 4.65. The summed E-state index contributed by atoms with van der Waals surface area (Å²) in [4.78, 5) is 6.89. The van der Waals surface area contributed by atoms with E-state index in [1.807, 2.05) is 31.6 Å². The van der Waals surface area contributed by atoms with Crippen molar-refractivity contribution < 1.29 is 0 Å². The van der Waals surface area contributed by atoms with E-state index in [1.165, 1.54) is 12.8 Å². The number of hydrogen-bond acceptors (Lipinski definition) is 8. The Hall–Kier alpha value is -3.40. The fourth-order valence-corrected chi connectivity index (χ4v) is 4.29. The van der Waals surface area contributed by atoms with Crippen molar-refractivity contribution in [2.45, 2.75) is 18.9 Å². The number of fused-ring (bicyclic) bond motifs is 1. The van der Waals surface area contributed by atoms with E-state index in [0.717, 1.165) is 59.0 Å². The average molecular weight is 402 g/mol. The number of aromatic nitrogens is 8. The second-order valence-corrected chi connectivity index (χ2v) is 8.07. The van der Waals surface area contributed by atoms with Crippen LogP contribution in [0.5, 0.6) is 0 Å². The molecular formula is C20H22N10. The zero-order valence-corrected chi connectivity index (χ0v) is 16.7. The first-order chi connectivity index (χ1) is 14.8. The third kappa shape index (κ3) is 3.00. The number of anilines is 1. The van der Waals surface area contributed by atoms with Crippen LogP contribution in [0.25, 0.3) is 33.4 Å². The van der Waals surface area contributed by atoms with E-state index in [0.29, 0.717) is 12.0 Å². The summed E-state index contributed by atoms with van der Waals surface area (Å²) < 4.78 is 1.80. The van der Waals surface area contributed by atoms with Crippen molar-refractivity contribution in [1.29, 1.82) is 0 Å². The van der Waals surface area contributed by atoms with Crippen LogP contribution in [0.15, 0.2) is 30.7 Å². The normalized spacial score (nSPS) is 19.5. The summed E-state index contributed by atoms with van der Waals surface area (Å²) in [7, 11) is 1.91. The quantitative estimate of drug-likeness (QED) is 0.527. The summed E-state index contributed by atoms with van der Waals surface area (Å²) in [5.74, 6) is 1.51. The molecule has 4 heterocycles. The summed E-state index contributed by atoms with van der Waals surface area (Å²) in [5.41, 5.74) is 4.22. The zero-order valence-electron chi connectivity index (χ0n) is 16.7. The number of aryl methyl sites for hydroxylation is 1. The van der Waals surface area contributed by atoms with Gasteiger partial charge in [0.1, 0.15) is 16.9 Å². The molecule has 30 heavy (non-hydrogen) atoms. The standard InChI is InChI=1S/C20H22N10/c1-29-10-15-13(4-5-14(19(15)27-29)17-9-23-28-25-17)16-8-22-20(26-24-16)30-7-6-21-18(11-30)12-2-3-12/h4-5,8-10,12,18,21H,2-3,6-7,11H2,1H3,(H,23,25,28)/t18-/m1/s1. The second-order valence-electron chi connectivity index (χ2n) is 8.07. The fourth-order valence-electron chi connectivity index (χ4n) is 4.29. The number of hydrogen-bond donors (Lipinski definition) is 2. The van der Waals surface area contributed by atoms with Crippen molar-refractivity contribution in [3.8, 4) is 22.5 Å². The van der Waals surface area contributed by atoms with Gasteiger partial charge in [-0.3, -0.25) is 4.68 Å². The lowest BCUT2D eigenvalue weighted by atomic mass is 10.0. The van der Waals surface area contributed by atoms with E-state index in [-0.39, 0.29) is 0 Å². The van der Waals surface area contributed by atoms with E-state index >= 15 is 0 Å². The molecule has 1 aromatic carbocycles. The van der Waals surface area contributed by atoms with Crippen LogP contribution in [-0.4, -0.2) is 66.0 Å². The Balaban J connectivity index is 1.33. The number of nitrogens with one attached hydrogen (secondary N) is 2. The monoisotopic (exact) mass is 402 g/mol. The lowest BCUT2D eigenvalue weighted by Gasteiger charge is -2.33. The maximum Gasteiger partial charge on any atom is 0.245 e. The topological polar surface area (TPSA) is 113 Å². The Kier molecular flexibility index (Phi) is 3.98. The molecule has 1 atom stereocenters. The van der Waals surface area contributed by atoms with E-state index in [1.54, 1.807) is 10.9 Å². The largest absolute Gasteiger partial charge is 0.337 e. The summed E-state index contributed by atoms with van der Waals surface area (Å²) >= 11 is 0. The van der Waals surface area contributed by atoms with Gasteiger partial charge in [0.15, 0.2) is 0 Å². The summed E-state index contributed by atoms with van der Waals surface area (Å²) in [6, 6.07) is 4.56. The Labute approximate surface area is 172 Å².